The molecule has 0 spiro atoms. The molecule has 0 aliphatic carbocycles. The molecule has 102 valence electrons. The summed E-state index contributed by atoms with van der Waals surface area (Å²) in [7, 11) is 4.04. The zero-order valence-electron chi connectivity index (χ0n) is 11.9. The highest BCUT2D eigenvalue weighted by Gasteiger charge is 2.20. The average Bonchev–Trinajstić information content (AvgIpc) is 2.73. The third-order valence-electron chi connectivity index (χ3n) is 3.07. The van der Waals surface area contributed by atoms with Crippen molar-refractivity contribution in [1.29, 1.82) is 0 Å². The standard InChI is InChI=1S/C13H23N3OS/c1-6-9(2)12(8-16(4)5)14-13(17)11-7-10(3)18-15-11/h7,9,12H,6,8H2,1-5H3,(H,14,17)/t9-,12+/m0/s1. The van der Waals surface area contributed by atoms with Crippen molar-refractivity contribution in [3.05, 3.63) is 16.6 Å². The van der Waals surface area contributed by atoms with E-state index in [2.05, 4.69) is 28.4 Å². The van der Waals surface area contributed by atoms with Crippen LogP contribution in [0.4, 0.5) is 0 Å². The molecule has 1 aromatic rings. The predicted molar refractivity (Wildman–Crippen MR) is 76.1 cm³/mol. The molecule has 0 saturated carbocycles. The fourth-order valence-electron chi connectivity index (χ4n) is 1.76. The smallest absolute Gasteiger partial charge is 0.271 e. The van der Waals surface area contributed by atoms with Crippen LogP contribution in [0.1, 0.15) is 35.6 Å². The molecule has 1 rings (SSSR count). The topological polar surface area (TPSA) is 45.2 Å². The number of carbonyl (C=O) groups excluding carboxylic acids is 1. The van der Waals surface area contributed by atoms with Crippen molar-refractivity contribution in [3.63, 3.8) is 0 Å². The van der Waals surface area contributed by atoms with E-state index in [4.69, 9.17) is 0 Å². The average molecular weight is 269 g/mol. The molecule has 0 bridgehead atoms. The number of rotatable bonds is 6. The maximum atomic E-state index is 12.1. The molecular weight excluding hydrogens is 246 g/mol. The monoisotopic (exact) mass is 269 g/mol. The molecule has 1 aromatic heterocycles. The van der Waals surface area contributed by atoms with Crippen LogP contribution in [-0.2, 0) is 0 Å². The molecule has 5 heteroatoms. The molecule has 0 fully saturated rings. The Kier molecular flexibility index (Phi) is 5.75. The number of aromatic nitrogens is 1. The van der Waals surface area contributed by atoms with E-state index in [1.165, 1.54) is 11.5 Å². The molecule has 1 N–H and O–H groups in total. The summed E-state index contributed by atoms with van der Waals surface area (Å²) in [6.07, 6.45) is 1.05. The van der Waals surface area contributed by atoms with Gasteiger partial charge < -0.3 is 10.2 Å². The van der Waals surface area contributed by atoms with Crippen LogP contribution in [0.15, 0.2) is 6.07 Å². The second-order valence-corrected chi connectivity index (χ2v) is 6.06. The summed E-state index contributed by atoms with van der Waals surface area (Å²) in [5.74, 6) is 0.391. The molecule has 0 radical (unpaired) electrons. The molecule has 4 nitrogen and oxygen atoms in total. The molecule has 0 unspecified atom stereocenters. The summed E-state index contributed by atoms with van der Waals surface area (Å²) in [6.45, 7) is 7.12. The minimum absolute atomic E-state index is 0.0634. The first-order valence-corrected chi connectivity index (χ1v) is 7.10. The summed E-state index contributed by atoms with van der Waals surface area (Å²) in [6, 6.07) is 2.00. The lowest BCUT2D eigenvalue weighted by Crippen LogP contribution is -2.45. The Labute approximate surface area is 114 Å². The fraction of sp³-hybridized carbons (Fsp3) is 0.692. The first kappa shape index (κ1) is 15.1. The summed E-state index contributed by atoms with van der Waals surface area (Å²) >= 11 is 1.37. The van der Waals surface area contributed by atoms with Crippen LogP contribution in [0.25, 0.3) is 0 Å². The summed E-state index contributed by atoms with van der Waals surface area (Å²) < 4.78 is 4.15. The Morgan fingerprint density at radius 3 is 2.67 bits per heavy atom. The largest absolute Gasteiger partial charge is 0.346 e. The van der Waals surface area contributed by atoms with E-state index in [1.54, 1.807) is 0 Å². The normalized spacial score (nSPS) is 14.6. The van der Waals surface area contributed by atoms with E-state index in [9.17, 15) is 4.79 Å². The van der Waals surface area contributed by atoms with Gasteiger partial charge in [0, 0.05) is 17.5 Å². The number of likely N-dealkylation sites (N-methyl/N-ethyl adjacent to an activating group) is 1. The van der Waals surface area contributed by atoms with Crippen LogP contribution in [-0.4, -0.2) is 41.9 Å². The van der Waals surface area contributed by atoms with Crippen molar-refractivity contribution in [3.8, 4) is 0 Å². The lowest BCUT2D eigenvalue weighted by Gasteiger charge is -2.26. The van der Waals surface area contributed by atoms with Crippen LogP contribution in [0.5, 0.6) is 0 Å². The predicted octanol–water partition coefficient (Wildman–Crippen LogP) is 2.16. The first-order valence-electron chi connectivity index (χ1n) is 6.33. The summed E-state index contributed by atoms with van der Waals surface area (Å²) in [4.78, 5) is 15.2. The SMILES string of the molecule is CC[C@H](C)[C@@H](CN(C)C)NC(=O)c1cc(C)sn1. The minimum Gasteiger partial charge on any atom is -0.346 e. The molecule has 18 heavy (non-hydrogen) atoms. The third-order valence-corrected chi connectivity index (χ3v) is 3.76. The van der Waals surface area contributed by atoms with Crippen LogP contribution < -0.4 is 5.32 Å². The Hall–Kier alpha value is -0.940. The van der Waals surface area contributed by atoms with Gasteiger partial charge in [-0.25, -0.2) is 0 Å². The lowest BCUT2D eigenvalue weighted by molar-refractivity contribution is 0.0909. The number of amides is 1. The molecule has 1 amide bonds. The molecular formula is C13H23N3OS. The number of hydrogen-bond donors (Lipinski definition) is 1. The highest BCUT2D eigenvalue weighted by atomic mass is 32.1. The van der Waals surface area contributed by atoms with Gasteiger partial charge in [-0.15, -0.1) is 0 Å². The van der Waals surface area contributed by atoms with Crippen LogP contribution in [0.3, 0.4) is 0 Å². The highest BCUT2D eigenvalue weighted by Crippen LogP contribution is 2.11. The number of aryl methyl sites for hydroxylation is 1. The zero-order chi connectivity index (χ0) is 13.7. The van der Waals surface area contributed by atoms with Gasteiger partial charge in [0.1, 0.15) is 5.69 Å². The van der Waals surface area contributed by atoms with Crippen LogP contribution in [0.2, 0.25) is 0 Å². The second-order valence-electron chi connectivity index (χ2n) is 5.05. The van der Waals surface area contributed by atoms with E-state index in [1.807, 2.05) is 27.1 Å². The van der Waals surface area contributed by atoms with Crippen molar-refractivity contribution in [2.45, 2.75) is 33.2 Å². The van der Waals surface area contributed by atoms with E-state index in [0.717, 1.165) is 17.8 Å². The van der Waals surface area contributed by atoms with Gasteiger partial charge in [0.15, 0.2) is 0 Å². The zero-order valence-corrected chi connectivity index (χ0v) is 12.7. The van der Waals surface area contributed by atoms with Gasteiger partial charge in [0.05, 0.1) is 0 Å². The summed E-state index contributed by atoms with van der Waals surface area (Å²) in [5, 5.41) is 3.09. The van der Waals surface area contributed by atoms with Gasteiger partial charge in [-0.3, -0.25) is 4.79 Å². The van der Waals surface area contributed by atoms with E-state index in [-0.39, 0.29) is 11.9 Å². The maximum absolute atomic E-state index is 12.1. The first-order chi connectivity index (χ1) is 8.43. The number of carbonyl (C=O) groups is 1. The molecule has 0 aliphatic heterocycles. The van der Waals surface area contributed by atoms with Crippen molar-refractivity contribution in [1.82, 2.24) is 14.6 Å². The summed E-state index contributed by atoms with van der Waals surface area (Å²) in [5.41, 5.74) is 0.532. The van der Waals surface area contributed by atoms with Crippen molar-refractivity contribution in [2.75, 3.05) is 20.6 Å². The number of hydrogen-bond acceptors (Lipinski definition) is 4. The Bertz CT molecular complexity index is 389. The van der Waals surface area contributed by atoms with Crippen molar-refractivity contribution >= 4 is 17.4 Å². The van der Waals surface area contributed by atoms with Gasteiger partial charge in [0.25, 0.3) is 5.91 Å². The van der Waals surface area contributed by atoms with Crippen LogP contribution >= 0.6 is 11.5 Å². The van der Waals surface area contributed by atoms with Gasteiger partial charge in [-0.2, -0.15) is 4.37 Å². The third kappa shape index (κ3) is 4.38. The molecule has 0 aliphatic rings. The Morgan fingerprint density at radius 1 is 1.56 bits per heavy atom. The highest BCUT2D eigenvalue weighted by molar-refractivity contribution is 7.05. The quantitative estimate of drug-likeness (QED) is 0.861. The van der Waals surface area contributed by atoms with Gasteiger partial charge in [-0.05, 0) is 44.5 Å². The van der Waals surface area contributed by atoms with E-state index >= 15 is 0 Å². The van der Waals surface area contributed by atoms with Crippen LogP contribution in [0, 0.1) is 12.8 Å². The van der Waals surface area contributed by atoms with Crippen molar-refractivity contribution < 1.29 is 4.79 Å². The van der Waals surface area contributed by atoms with Gasteiger partial charge >= 0.3 is 0 Å². The maximum Gasteiger partial charge on any atom is 0.271 e. The van der Waals surface area contributed by atoms with E-state index in [0.29, 0.717) is 11.6 Å². The minimum atomic E-state index is -0.0634. The Balaban J connectivity index is 2.68. The second kappa shape index (κ2) is 6.85. The lowest BCUT2D eigenvalue weighted by atomic mass is 9.98. The fourth-order valence-corrected chi connectivity index (χ4v) is 2.30. The van der Waals surface area contributed by atoms with Gasteiger partial charge in [0.2, 0.25) is 0 Å². The molecule has 2 atom stereocenters. The molecule has 0 aromatic carbocycles. The molecule has 0 saturated heterocycles. The Morgan fingerprint density at radius 2 is 2.22 bits per heavy atom. The number of nitrogens with one attached hydrogen (secondary N) is 1. The van der Waals surface area contributed by atoms with E-state index < -0.39 is 0 Å². The molecule has 1 heterocycles. The number of nitrogens with zero attached hydrogens (tertiary/aromatic N) is 2. The van der Waals surface area contributed by atoms with Gasteiger partial charge in [-0.1, -0.05) is 20.3 Å². The van der Waals surface area contributed by atoms with Crippen molar-refractivity contribution in [2.24, 2.45) is 5.92 Å².